The third-order valence-corrected chi connectivity index (χ3v) is 6.41. The molecule has 3 aromatic carbocycles. The molecule has 1 N–H and O–H groups in total. The van der Waals surface area contributed by atoms with E-state index in [1.54, 1.807) is 6.21 Å². The van der Waals surface area contributed by atoms with Crippen LogP contribution >= 0.6 is 27.3 Å². The van der Waals surface area contributed by atoms with Crippen molar-refractivity contribution in [2.45, 2.75) is 6.54 Å². The summed E-state index contributed by atoms with van der Waals surface area (Å²) in [6.45, 7) is 0.321. The number of aromatic nitrogens is 1. The van der Waals surface area contributed by atoms with Gasteiger partial charge < -0.3 is 5.11 Å². The van der Waals surface area contributed by atoms with Gasteiger partial charge in [-0.25, -0.2) is 0 Å². The molecule has 0 unspecified atom stereocenters. The van der Waals surface area contributed by atoms with E-state index in [1.165, 1.54) is 4.57 Å². The standard InChI is InChI=1S/C23H15BrN2O2S/c24-17-8-9-20-19(11-17)16(12-25-20)10-21-22(27)26(23(28)29-21)13-15-6-3-5-14-4-1-2-7-18(14)15/h1-12,27H,13H2. The van der Waals surface area contributed by atoms with Crippen molar-refractivity contribution in [3.05, 3.63) is 90.8 Å². The van der Waals surface area contributed by atoms with Gasteiger partial charge in [0, 0.05) is 21.8 Å². The highest BCUT2D eigenvalue weighted by Gasteiger charge is 2.17. The molecule has 1 aliphatic rings. The van der Waals surface area contributed by atoms with Crippen LogP contribution in [0.4, 0.5) is 5.69 Å². The molecule has 0 spiro atoms. The van der Waals surface area contributed by atoms with Crippen LogP contribution in [-0.4, -0.2) is 15.9 Å². The Morgan fingerprint density at radius 1 is 1.10 bits per heavy atom. The lowest BCUT2D eigenvalue weighted by atomic mass is 10.0. The van der Waals surface area contributed by atoms with Crippen molar-refractivity contribution in [1.29, 1.82) is 0 Å². The predicted octanol–water partition coefficient (Wildman–Crippen LogP) is 5.84. The molecule has 4 aromatic rings. The van der Waals surface area contributed by atoms with Gasteiger partial charge in [0.25, 0.3) is 0 Å². The third kappa shape index (κ3) is 3.24. The quantitative estimate of drug-likeness (QED) is 0.415. The summed E-state index contributed by atoms with van der Waals surface area (Å²) < 4.78 is 2.38. The number of hydrogen-bond acceptors (Lipinski definition) is 4. The van der Waals surface area contributed by atoms with E-state index in [0.29, 0.717) is 11.4 Å². The van der Waals surface area contributed by atoms with E-state index in [4.69, 9.17) is 0 Å². The first-order valence-corrected chi connectivity index (χ1v) is 10.7. The predicted molar refractivity (Wildman–Crippen MR) is 123 cm³/mol. The second kappa shape index (κ2) is 7.13. The second-order valence-corrected chi connectivity index (χ2v) is 8.71. The zero-order valence-corrected chi connectivity index (χ0v) is 17.6. The number of fused-ring (bicyclic) bond motifs is 2. The van der Waals surface area contributed by atoms with E-state index < -0.39 is 0 Å². The van der Waals surface area contributed by atoms with Crippen LogP contribution in [0.15, 0.2) is 74.9 Å². The molecule has 2 heterocycles. The van der Waals surface area contributed by atoms with Gasteiger partial charge in [-0.15, -0.1) is 0 Å². The third-order valence-electron chi connectivity index (χ3n) is 5.00. The summed E-state index contributed by atoms with van der Waals surface area (Å²) in [5.74, 6) is -0.0164. The lowest BCUT2D eigenvalue weighted by Gasteiger charge is -2.08. The van der Waals surface area contributed by atoms with Gasteiger partial charge in [-0.2, -0.15) is 0 Å². The Morgan fingerprint density at radius 3 is 2.83 bits per heavy atom. The van der Waals surface area contributed by atoms with Gasteiger partial charge in [0.2, 0.25) is 5.88 Å². The van der Waals surface area contributed by atoms with Crippen LogP contribution in [0.1, 0.15) is 16.0 Å². The molecule has 0 amide bonds. The highest BCUT2D eigenvalue weighted by molar-refractivity contribution is 9.10. The van der Waals surface area contributed by atoms with E-state index in [1.807, 2.05) is 66.7 Å². The Kier molecular flexibility index (Phi) is 4.45. The number of thiazole rings is 1. The highest BCUT2D eigenvalue weighted by Crippen LogP contribution is 2.36. The van der Waals surface area contributed by atoms with Crippen LogP contribution in [0.2, 0.25) is 0 Å². The molecule has 0 aliphatic carbocycles. The van der Waals surface area contributed by atoms with Crippen LogP contribution in [0, 0.1) is 0 Å². The summed E-state index contributed by atoms with van der Waals surface area (Å²) in [6, 6.07) is 19.9. The fraction of sp³-hybridized carbons (Fsp3) is 0.0435. The Hall–Kier alpha value is -2.96. The topological polar surface area (TPSA) is 54.6 Å². The number of benzene rings is 3. The number of aromatic hydroxyl groups is 1. The number of rotatable bonds is 3. The van der Waals surface area contributed by atoms with Crippen LogP contribution in [0.5, 0.6) is 5.88 Å². The maximum Gasteiger partial charge on any atom is 0.310 e. The van der Waals surface area contributed by atoms with E-state index in [0.717, 1.165) is 49.0 Å². The van der Waals surface area contributed by atoms with Gasteiger partial charge in [0.1, 0.15) is 0 Å². The van der Waals surface area contributed by atoms with Crippen molar-refractivity contribution in [1.82, 2.24) is 4.57 Å². The zero-order valence-electron chi connectivity index (χ0n) is 15.2. The molecule has 0 saturated carbocycles. The fourth-order valence-corrected chi connectivity index (χ4v) is 4.76. The molecule has 142 valence electrons. The van der Waals surface area contributed by atoms with E-state index in [9.17, 15) is 9.90 Å². The maximum absolute atomic E-state index is 12.6. The van der Waals surface area contributed by atoms with E-state index >= 15 is 0 Å². The van der Waals surface area contributed by atoms with Crippen molar-refractivity contribution in [2.75, 3.05) is 0 Å². The lowest BCUT2D eigenvalue weighted by Crippen LogP contribution is -2.13. The van der Waals surface area contributed by atoms with Crippen LogP contribution in [-0.2, 0) is 6.54 Å². The van der Waals surface area contributed by atoms with Crippen molar-refractivity contribution >= 4 is 61.6 Å². The van der Waals surface area contributed by atoms with Gasteiger partial charge in [-0.3, -0.25) is 14.4 Å². The zero-order chi connectivity index (χ0) is 20.0. The summed E-state index contributed by atoms with van der Waals surface area (Å²) in [4.78, 5) is 17.4. The van der Waals surface area contributed by atoms with E-state index in [-0.39, 0.29) is 10.8 Å². The van der Waals surface area contributed by atoms with Crippen molar-refractivity contribution in [3.8, 4) is 5.88 Å². The first kappa shape index (κ1) is 18.1. The van der Waals surface area contributed by atoms with Gasteiger partial charge in [-0.05, 0) is 40.6 Å². The molecule has 0 radical (unpaired) electrons. The highest BCUT2D eigenvalue weighted by atomic mass is 79.9. The normalized spacial score (nSPS) is 14.0. The molecule has 0 saturated heterocycles. The molecule has 0 fully saturated rings. The molecule has 29 heavy (non-hydrogen) atoms. The van der Waals surface area contributed by atoms with Gasteiger partial charge in [-0.1, -0.05) is 69.7 Å². The number of nitrogens with zero attached hydrogens (tertiary/aromatic N) is 2. The maximum atomic E-state index is 12.6. The average Bonchev–Trinajstić information content (AvgIpc) is 3.24. The Balaban J connectivity index is 1.55. The Morgan fingerprint density at radius 2 is 1.93 bits per heavy atom. The minimum Gasteiger partial charge on any atom is -0.493 e. The van der Waals surface area contributed by atoms with Crippen molar-refractivity contribution in [3.63, 3.8) is 0 Å². The monoisotopic (exact) mass is 462 g/mol. The smallest absolute Gasteiger partial charge is 0.310 e. The number of aliphatic imine (C=N–C) groups is 1. The Labute approximate surface area is 179 Å². The summed E-state index contributed by atoms with van der Waals surface area (Å²) in [6.07, 6.45) is 3.58. The van der Waals surface area contributed by atoms with Crippen molar-refractivity contribution in [2.24, 2.45) is 4.99 Å². The van der Waals surface area contributed by atoms with Gasteiger partial charge in [0.15, 0.2) is 0 Å². The average molecular weight is 463 g/mol. The number of allylic oxidation sites excluding steroid dienone is 1. The SMILES string of the molecule is O=c1sc(C=C2C=Nc3ccc(Br)cc32)c(O)n1Cc1cccc2ccccc12. The largest absolute Gasteiger partial charge is 0.493 e. The van der Waals surface area contributed by atoms with Crippen LogP contribution in [0.25, 0.3) is 22.4 Å². The van der Waals surface area contributed by atoms with Crippen molar-refractivity contribution < 1.29 is 5.11 Å². The fourth-order valence-electron chi connectivity index (χ4n) is 3.57. The summed E-state index contributed by atoms with van der Waals surface area (Å²) in [7, 11) is 0. The minimum absolute atomic E-state index is 0.0164. The molecule has 5 rings (SSSR count). The summed E-state index contributed by atoms with van der Waals surface area (Å²) in [5, 5.41) is 13.0. The molecule has 6 heteroatoms. The molecular weight excluding hydrogens is 448 g/mol. The summed E-state index contributed by atoms with van der Waals surface area (Å²) in [5.41, 5.74) is 3.71. The van der Waals surface area contributed by atoms with E-state index in [2.05, 4.69) is 20.9 Å². The molecule has 0 atom stereocenters. The Bertz CT molecular complexity index is 1380. The summed E-state index contributed by atoms with van der Waals surface area (Å²) >= 11 is 4.52. The molecule has 1 aliphatic heterocycles. The van der Waals surface area contributed by atoms with Crippen LogP contribution in [0.3, 0.4) is 0 Å². The first-order valence-electron chi connectivity index (χ1n) is 9.05. The van der Waals surface area contributed by atoms with Crippen LogP contribution < -0.4 is 4.87 Å². The number of halogens is 1. The minimum atomic E-state index is -0.188. The molecular formula is C23H15BrN2O2S. The number of hydrogen-bond donors (Lipinski definition) is 1. The van der Waals surface area contributed by atoms with Gasteiger partial charge >= 0.3 is 4.87 Å². The molecule has 4 nitrogen and oxygen atoms in total. The lowest BCUT2D eigenvalue weighted by molar-refractivity contribution is 0.421. The van der Waals surface area contributed by atoms with Gasteiger partial charge in [0.05, 0.1) is 17.1 Å². The molecule has 1 aromatic heterocycles. The first-order chi connectivity index (χ1) is 14.1. The second-order valence-electron chi connectivity index (χ2n) is 6.80. The molecule has 0 bridgehead atoms.